The first kappa shape index (κ1) is 15.1. The molecule has 1 aromatic heterocycles. The zero-order valence-corrected chi connectivity index (χ0v) is 13.4. The van der Waals surface area contributed by atoms with E-state index in [2.05, 4.69) is 14.7 Å². The van der Waals surface area contributed by atoms with E-state index in [-0.39, 0.29) is 5.56 Å². The number of carbonyl (C=O) groups is 1. The molecule has 0 atom stereocenters. The van der Waals surface area contributed by atoms with Crippen molar-refractivity contribution >= 4 is 5.97 Å². The molecule has 0 spiro atoms. The Morgan fingerprint density at radius 2 is 1.92 bits per heavy atom. The van der Waals surface area contributed by atoms with Gasteiger partial charge in [0.2, 0.25) is 5.88 Å². The van der Waals surface area contributed by atoms with Crippen molar-refractivity contribution < 1.29 is 14.3 Å². The summed E-state index contributed by atoms with van der Waals surface area (Å²) in [4.78, 5) is 31.2. The number of carbonyl (C=O) groups excluding carboxylic acids is 1. The number of aromatic nitrogens is 2. The first-order chi connectivity index (χ1) is 12.2. The van der Waals surface area contributed by atoms with Gasteiger partial charge in [0.25, 0.3) is 5.56 Å². The van der Waals surface area contributed by atoms with Gasteiger partial charge in [-0.2, -0.15) is 4.98 Å². The molecule has 0 aliphatic carbocycles. The number of aromatic amines is 1. The molecule has 0 bridgehead atoms. The number of benzene rings is 2. The first-order valence-corrected chi connectivity index (χ1v) is 7.73. The molecule has 2 heterocycles. The minimum absolute atomic E-state index is 0.230. The van der Waals surface area contributed by atoms with E-state index < -0.39 is 5.97 Å². The lowest BCUT2D eigenvalue weighted by Crippen LogP contribution is -2.20. The summed E-state index contributed by atoms with van der Waals surface area (Å²) in [5.74, 6) is 0.993. The number of nitrogens with zero attached hydrogens (tertiary/aromatic N) is 1. The highest BCUT2D eigenvalue weighted by molar-refractivity contribution is 5.89. The highest BCUT2D eigenvalue weighted by Gasteiger charge is 2.22. The fourth-order valence-electron chi connectivity index (χ4n) is 2.78. The summed E-state index contributed by atoms with van der Waals surface area (Å²) in [5.41, 5.74) is 2.34. The molecule has 0 unspecified atom stereocenters. The number of esters is 1. The number of fused-ring (bicyclic) bond motifs is 2. The molecule has 0 radical (unpaired) electrons. The lowest BCUT2D eigenvalue weighted by atomic mass is 10.0. The van der Waals surface area contributed by atoms with Crippen molar-refractivity contribution in [1.29, 1.82) is 0 Å². The minimum Gasteiger partial charge on any atom is -0.465 e. The predicted molar refractivity (Wildman–Crippen MR) is 91.0 cm³/mol. The Morgan fingerprint density at radius 3 is 2.68 bits per heavy atom. The lowest BCUT2D eigenvalue weighted by molar-refractivity contribution is 0.0601. The van der Waals surface area contributed by atoms with Crippen LogP contribution in [0.15, 0.2) is 53.3 Å². The minimum atomic E-state index is -0.418. The van der Waals surface area contributed by atoms with Crippen molar-refractivity contribution in [1.82, 2.24) is 9.97 Å². The zero-order chi connectivity index (χ0) is 17.4. The molecule has 3 aromatic rings. The topological polar surface area (TPSA) is 81.3 Å². The molecule has 1 aliphatic heterocycles. The van der Waals surface area contributed by atoms with Crippen LogP contribution >= 0.6 is 0 Å². The van der Waals surface area contributed by atoms with E-state index in [0.717, 1.165) is 5.56 Å². The van der Waals surface area contributed by atoms with Crippen LogP contribution in [0.1, 0.15) is 21.5 Å². The van der Waals surface area contributed by atoms with Crippen molar-refractivity contribution in [3.8, 4) is 23.0 Å². The fourth-order valence-corrected chi connectivity index (χ4v) is 2.78. The number of para-hydroxylation sites is 1. The number of methoxy groups -OCH3 is 1. The average Bonchev–Trinajstić information content (AvgIpc) is 2.66. The first-order valence-electron chi connectivity index (χ1n) is 7.73. The third-order valence-corrected chi connectivity index (χ3v) is 4.10. The quantitative estimate of drug-likeness (QED) is 0.570. The summed E-state index contributed by atoms with van der Waals surface area (Å²) in [6.45, 7) is 0. The van der Waals surface area contributed by atoms with Gasteiger partial charge in [-0.3, -0.25) is 4.79 Å². The van der Waals surface area contributed by atoms with Crippen molar-refractivity contribution in [2.45, 2.75) is 6.42 Å². The number of H-pyrrole nitrogens is 1. The summed E-state index contributed by atoms with van der Waals surface area (Å²) in [5, 5.41) is 0. The monoisotopic (exact) mass is 334 g/mol. The summed E-state index contributed by atoms with van der Waals surface area (Å²) in [6, 6.07) is 14.2. The number of ether oxygens (including phenoxy) is 2. The van der Waals surface area contributed by atoms with Crippen molar-refractivity contribution in [3.63, 3.8) is 0 Å². The Balaban J connectivity index is 1.73. The van der Waals surface area contributed by atoms with Crippen molar-refractivity contribution in [2.75, 3.05) is 7.11 Å². The average molecular weight is 334 g/mol. The molecule has 0 fully saturated rings. The van der Waals surface area contributed by atoms with Crippen LogP contribution < -0.4 is 10.3 Å². The zero-order valence-electron chi connectivity index (χ0n) is 13.4. The highest BCUT2D eigenvalue weighted by Crippen LogP contribution is 2.33. The van der Waals surface area contributed by atoms with Gasteiger partial charge in [0.1, 0.15) is 11.6 Å². The molecule has 0 saturated carbocycles. The van der Waals surface area contributed by atoms with Crippen LogP contribution in [0.5, 0.6) is 11.6 Å². The highest BCUT2D eigenvalue weighted by atomic mass is 16.5. The van der Waals surface area contributed by atoms with E-state index in [9.17, 15) is 9.59 Å². The van der Waals surface area contributed by atoms with Gasteiger partial charge in [-0.15, -0.1) is 0 Å². The van der Waals surface area contributed by atoms with E-state index in [1.807, 2.05) is 24.3 Å². The van der Waals surface area contributed by atoms with Gasteiger partial charge in [0.15, 0.2) is 0 Å². The smallest absolute Gasteiger partial charge is 0.337 e. The number of hydrogen-bond acceptors (Lipinski definition) is 5. The summed E-state index contributed by atoms with van der Waals surface area (Å²) < 4.78 is 10.5. The summed E-state index contributed by atoms with van der Waals surface area (Å²) in [6.07, 6.45) is 0.482. The van der Waals surface area contributed by atoms with Gasteiger partial charge in [0, 0.05) is 12.0 Å². The van der Waals surface area contributed by atoms with Crippen LogP contribution in [-0.4, -0.2) is 23.0 Å². The Bertz CT molecular complexity index is 1020. The van der Waals surface area contributed by atoms with E-state index in [1.54, 1.807) is 24.3 Å². The second-order valence-electron chi connectivity index (χ2n) is 5.65. The maximum Gasteiger partial charge on any atom is 0.337 e. The van der Waals surface area contributed by atoms with Gasteiger partial charge in [-0.05, 0) is 23.8 Å². The second kappa shape index (κ2) is 5.90. The Hall–Kier alpha value is -3.41. The third-order valence-electron chi connectivity index (χ3n) is 4.10. The van der Waals surface area contributed by atoms with Gasteiger partial charge in [0.05, 0.1) is 18.2 Å². The van der Waals surface area contributed by atoms with Crippen LogP contribution in [0.3, 0.4) is 0 Å². The Morgan fingerprint density at radius 1 is 1.16 bits per heavy atom. The molecule has 4 rings (SSSR count). The van der Waals surface area contributed by atoms with Crippen LogP contribution in [0, 0.1) is 0 Å². The number of rotatable bonds is 2. The van der Waals surface area contributed by atoms with Crippen molar-refractivity contribution in [3.05, 3.63) is 75.6 Å². The van der Waals surface area contributed by atoms with Gasteiger partial charge in [-0.1, -0.05) is 30.3 Å². The van der Waals surface area contributed by atoms with E-state index in [4.69, 9.17) is 4.74 Å². The third kappa shape index (κ3) is 2.67. The molecule has 1 aliphatic rings. The van der Waals surface area contributed by atoms with Crippen LogP contribution in [0.2, 0.25) is 0 Å². The molecule has 6 nitrogen and oxygen atoms in total. The van der Waals surface area contributed by atoms with E-state index in [0.29, 0.717) is 40.6 Å². The van der Waals surface area contributed by atoms with Gasteiger partial charge < -0.3 is 14.5 Å². The van der Waals surface area contributed by atoms with Crippen LogP contribution in [0.25, 0.3) is 11.4 Å². The standard InChI is InChI=1S/C19H14N2O4/c1-24-19(23)12-8-6-11(7-9-12)16-20-17(22)14-10-13-4-2-3-5-15(13)25-18(14)21-16/h2-9H,10H2,1H3,(H,20,21,22). The molecule has 25 heavy (non-hydrogen) atoms. The lowest BCUT2D eigenvalue weighted by Gasteiger charge is -2.18. The molecule has 0 amide bonds. The molecule has 2 aromatic carbocycles. The number of nitrogens with one attached hydrogen (secondary N) is 1. The van der Waals surface area contributed by atoms with Crippen LogP contribution in [-0.2, 0) is 11.2 Å². The Kier molecular flexibility index (Phi) is 3.57. The maximum absolute atomic E-state index is 12.4. The molecular formula is C19H14N2O4. The number of hydrogen-bond donors (Lipinski definition) is 1. The molecule has 6 heteroatoms. The molecule has 0 saturated heterocycles. The van der Waals surface area contributed by atoms with E-state index >= 15 is 0 Å². The second-order valence-corrected chi connectivity index (χ2v) is 5.65. The Labute approximate surface area is 143 Å². The summed E-state index contributed by atoms with van der Waals surface area (Å²) >= 11 is 0. The summed E-state index contributed by atoms with van der Waals surface area (Å²) in [7, 11) is 1.33. The SMILES string of the molecule is COC(=O)c1ccc(-c2nc3c(c(=O)[nH]2)Cc2ccccc2O3)cc1. The van der Waals surface area contributed by atoms with Gasteiger partial charge in [-0.25, -0.2) is 4.79 Å². The normalized spacial score (nSPS) is 11.9. The molecular weight excluding hydrogens is 320 g/mol. The molecule has 1 N–H and O–H groups in total. The molecule has 124 valence electrons. The van der Waals surface area contributed by atoms with Crippen LogP contribution in [0.4, 0.5) is 0 Å². The van der Waals surface area contributed by atoms with E-state index in [1.165, 1.54) is 7.11 Å². The predicted octanol–water partition coefficient (Wildman–Crippen LogP) is 2.92. The fraction of sp³-hybridized carbons (Fsp3) is 0.105. The van der Waals surface area contributed by atoms with Crippen molar-refractivity contribution in [2.24, 2.45) is 0 Å². The maximum atomic E-state index is 12.4. The largest absolute Gasteiger partial charge is 0.465 e. The van der Waals surface area contributed by atoms with Gasteiger partial charge >= 0.3 is 5.97 Å².